The molecule has 0 aliphatic carbocycles. The number of hydrogen-bond donors (Lipinski definition) is 2. The molecule has 0 heterocycles. The van der Waals surface area contributed by atoms with Crippen molar-refractivity contribution in [2.45, 2.75) is 88.6 Å². The quantitative estimate of drug-likeness (QED) is 0.385. The Morgan fingerprint density at radius 2 is 0.818 bits per heavy atom. The maximum absolute atomic E-state index is 10.8. The highest BCUT2D eigenvalue weighted by Gasteiger charge is 2.16. The van der Waals surface area contributed by atoms with Gasteiger partial charge < -0.3 is 0 Å². The second kappa shape index (κ2) is 10.6. The van der Waals surface area contributed by atoms with Crippen LogP contribution in [0.3, 0.4) is 0 Å². The zero-order valence-corrected chi connectivity index (χ0v) is 15.2. The van der Waals surface area contributed by atoms with Crippen molar-refractivity contribution in [3.63, 3.8) is 0 Å². The molecule has 6 nitrogen and oxygen atoms in total. The fourth-order valence-electron chi connectivity index (χ4n) is 2.22. The highest BCUT2D eigenvalue weighted by atomic mass is 32.2. The summed E-state index contributed by atoms with van der Waals surface area (Å²) in [5.74, 6) is 0. The second-order valence-corrected chi connectivity index (χ2v) is 9.73. The summed E-state index contributed by atoms with van der Waals surface area (Å²) in [6.45, 7) is 3.03. The maximum atomic E-state index is 10.8. The lowest BCUT2D eigenvalue weighted by atomic mass is 10.1. The largest absolute Gasteiger partial charge is 0.285 e. The molecule has 0 amide bonds. The molecule has 0 aromatic carbocycles. The van der Waals surface area contributed by atoms with E-state index in [9.17, 15) is 16.8 Å². The topological polar surface area (TPSA) is 109 Å². The molecule has 0 saturated carbocycles. The van der Waals surface area contributed by atoms with Gasteiger partial charge in [-0.25, -0.2) is 0 Å². The van der Waals surface area contributed by atoms with Crippen LogP contribution >= 0.6 is 0 Å². The first kappa shape index (κ1) is 21.8. The van der Waals surface area contributed by atoms with Gasteiger partial charge in [0.1, 0.15) is 0 Å². The molecule has 2 N–H and O–H groups in total. The van der Waals surface area contributed by atoms with E-state index in [2.05, 4.69) is 0 Å². The van der Waals surface area contributed by atoms with Gasteiger partial charge in [0.2, 0.25) is 0 Å². The van der Waals surface area contributed by atoms with Crippen LogP contribution in [0.25, 0.3) is 0 Å². The first-order valence-corrected chi connectivity index (χ1v) is 11.0. The molecule has 8 heteroatoms. The number of hydrogen-bond acceptors (Lipinski definition) is 4. The van der Waals surface area contributed by atoms with Gasteiger partial charge in [0.05, 0.1) is 10.5 Å². The maximum Gasteiger partial charge on any atom is 0.267 e. The fourth-order valence-corrected chi connectivity index (χ4v) is 3.15. The Balaban J connectivity index is 3.42. The lowest BCUT2D eigenvalue weighted by Crippen LogP contribution is -2.16. The summed E-state index contributed by atoms with van der Waals surface area (Å²) in [4.78, 5) is 0. The summed E-state index contributed by atoms with van der Waals surface area (Å²) in [6, 6.07) is 0. The zero-order chi connectivity index (χ0) is 17.2. The summed E-state index contributed by atoms with van der Waals surface area (Å²) < 4.78 is 60.9. The minimum absolute atomic E-state index is 0.492. The SMILES string of the molecule is CC(CCCCCCCCCCC(C)S(=O)(=O)O)S(=O)(=O)O. The van der Waals surface area contributed by atoms with Gasteiger partial charge >= 0.3 is 0 Å². The van der Waals surface area contributed by atoms with Gasteiger partial charge in [-0.15, -0.1) is 0 Å². The third-order valence-corrected chi connectivity index (χ3v) is 6.49. The van der Waals surface area contributed by atoms with E-state index in [1.54, 1.807) is 0 Å². The Hall–Kier alpha value is -0.180. The molecule has 0 aliphatic rings. The minimum atomic E-state index is -3.89. The van der Waals surface area contributed by atoms with E-state index in [4.69, 9.17) is 9.11 Å². The summed E-state index contributed by atoms with van der Waals surface area (Å²) in [5, 5.41) is -1.37. The molecule has 2 unspecified atom stereocenters. The summed E-state index contributed by atoms with van der Waals surface area (Å²) in [7, 11) is -7.78. The standard InChI is InChI=1S/C14H30O6S2/c1-13(21(15,16)17)11-9-7-5-3-4-6-8-10-12-14(2)22(18,19)20/h13-14H,3-12H2,1-2H3,(H,15,16,17)(H,18,19,20). The van der Waals surface area contributed by atoms with Gasteiger partial charge in [0.15, 0.2) is 0 Å². The van der Waals surface area contributed by atoms with Gasteiger partial charge in [-0.3, -0.25) is 9.11 Å². The van der Waals surface area contributed by atoms with Crippen molar-refractivity contribution in [2.24, 2.45) is 0 Å². The van der Waals surface area contributed by atoms with Gasteiger partial charge in [0, 0.05) is 0 Å². The predicted octanol–water partition coefficient (Wildman–Crippen LogP) is 3.44. The lowest BCUT2D eigenvalue weighted by Gasteiger charge is -2.08. The van der Waals surface area contributed by atoms with Crippen LogP contribution in [0, 0.1) is 0 Å². The molecule has 2 atom stereocenters. The van der Waals surface area contributed by atoms with Crippen LogP contribution in [0.15, 0.2) is 0 Å². The average Bonchev–Trinajstić information content (AvgIpc) is 2.38. The summed E-state index contributed by atoms with van der Waals surface area (Å²) >= 11 is 0. The third kappa shape index (κ3) is 11.4. The van der Waals surface area contributed by atoms with Crippen LogP contribution in [0.4, 0.5) is 0 Å². The van der Waals surface area contributed by atoms with Crippen molar-refractivity contribution < 1.29 is 25.9 Å². The second-order valence-electron chi connectivity index (χ2n) is 6.06. The molecule has 0 aliphatic heterocycles. The third-order valence-electron chi connectivity index (χ3n) is 3.99. The molecule has 0 radical (unpaired) electrons. The Kier molecular flexibility index (Phi) is 10.5. The molecule has 134 valence electrons. The monoisotopic (exact) mass is 358 g/mol. The van der Waals surface area contributed by atoms with Crippen LogP contribution in [-0.2, 0) is 20.2 Å². The number of rotatable bonds is 13. The van der Waals surface area contributed by atoms with Crippen molar-refractivity contribution in [3.8, 4) is 0 Å². The molecule has 22 heavy (non-hydrogen) atoms. The van der Waals surface area contributed by atoms with Crippen LogP contribution in [-0.4, -0.2) is 36.4 Å². The molecule has 0 rings (SSSR count). The van der Waals surface area contributed by atoms with Crippen LogP contribution in [0.5, 0.6) is 0 Å². The first-order valence-electron chi connectivity index (χ1n) is 7.97. The van der Waals surface area contributed by atoms with Crippen LogP contribution < -0.4 is 0 Å². The molecule has 0 aromatic rings. The van der Waals surface area contributed by atoms with Crippen molar-refractivity contribution in [1.29, 1.82) is 0 Å². The highest BCUT2D eigenvalue weighted by Crippen LogP contribution is 2.15. The molecule has 0 bridgehead atoms. The van der Waals surface area contributed by atoms with Gasteiger partial charge in [-0.2, -0.15) is 16.8 Å². The Labute approximate surface area is 135 Å². The lowest BCUT2D eigenvalue weighted by molar-refractivity contribution is 0.457. The summed E-state index contributed by atoms with van der Waals surface area (Å²) in [6.07, 6.45) is 8.74. The molecular weight excluding hydrogens is 328 g/mol. The average molecular weight is 359 g/mol. The highest BCUT2D eigenvalue weighted by molar-refractivity contribution is 7.86. The van der Waals surface area contributed by atoms with E-state index in [-0.39, 0.29) is 0 Å². The number of unbranched alkanes of at least 4 members (excludes halogenated alkanes) is 7. The molecular formula is C14H30O6S2. The molecule has 0 fully saturated rings. The first-order chi connectivity index (χ1) is 10.0. The molecule has 0 aromatic heterocycles. The van der Waals surface area contributed by atoms with E-state index in [0.717, 1.165) is 51.4 Å². The van der Waals surface area contributed by atoms with E-state index in [1.807, 2.05) is 0 Å². The Morgan fingerprint density at radius 3 is 1.05 bits per heavy atom. The van der Waals surface area contributed by atoms with Gasteiger partial charge in [-0.1, -0.05) is 51.4 Å². The normalized spacial score (nSPS) is 15.6. The van der Waals surface area contributed by atoms with Crippen molar-refractivity contribution in [1.82, 2.24) is 0 Å². The van der Waals surface area contributed by atoms with Gasteiger partial charge in [-0.05, 0) is 26.7 Å². The summed E-state index contributed by atoms with van der Waals surface area (Å²) in [5.41, 5.74) is 0. The van der Waals surface area contributed by atoms with E-state index in [0.29, 0.717) is 12.8 Å². The predicted molar refractivity (Wildman–Crippen MR) is 88.2 cm³/mol. The minimum Gasteiger partial charge on any atom is -0.285 e. The van der Waals surface area contributed by atoms with Crippen molar-refractivity contribution in [2.75, 3.05) is 0 Å². The van der Waals surface area contributed by atoms with Crippen molar-refractivity contribution >= 4 is 20.2 Å². The van der Waals surface area contributed by atoms with E-state index >= 15 is 0 Å². The van der Waals surface area contributed by atoms with Crippen molar-refractivity contribution in [3.05, 3.63) is 0 Å². The van der Waals surface area contributed by atoms with Crippen LogP contribution in [0.1, 0.15) is 78.1 Å². The molecule has 0 saturated heterocycles. The van der Waals surface area contributed by atoms with E-state index in [1.165, 1.54) is 13.8 Å². The Bertz CT molecular complexity index is 437. The Morgan fingerprint density at radius 1 is 0.591 bits per heavy atom. The van der Waals surface area contributed by atoms with Crippen LogP contribution in [0.2, 0.25) is 0 Å². The molecule has 0 spiro atoms. The fraction of sp³-hybridized carbons (Fsp3) is 1.00. The zero-order valence-electron chi connectivity index (χ0n) is 13.6. The van der Waals surface area contributed by atoms with Gasteiger partial charge in [0.25, 0.3) is 20.2 Å². The smallest absolute Gasteiger partial charge is 0.267 e. The van der Waals surface area contributed by atoms with E-state index < -0.39 is 30.7 Å².